The van der Waals surface area contributed by atoms with Crippen LogP contribution in [0.2, 0.25) is 0 Å². The van der Waals surface area contributed by atoms with E-state index < -0.39 is 6.03 Å². The molecule has 7 heteroatoms. The summed E-state index contributed by atoms with van der Waals surface area (Å²) in [7, 11) is 0. The van der Waals surface area contributed by atoms with Crippen molar-refractivity contribution in [2.75, 3.05) is 18.0 Å². The number of rotatable bonds is 3. The van der Waals surface area contributed by atoms with Gasteiger partial charge in [0.1, 0.15) is 5.52 Å². The first kappa shape index (κ1) is 13.4. The quantitative estimate of drug-likeness (QED) is 0.684. The molecule has 1 aromatic carbocycles. The van der Waals surface area contributed by atoms with E-state index >= 15 is 0 Å². The highest BCUT2D eigenvalue weighted by molar-refractivity contribution is 5.95. The zero-order valence-electron chi connectivity index (χ0n) is 11.5. The van der Waals surface area contributed by atoms with E-state index in [0.717, 1.165) is 18.0 Å². The van der Waals surface area contributed by atoms with Crippen molar-refractivity contribution >= 4 is 22.8 Å². The molecule has 0 spiro atoms. The molecule has 2 heterocycles. The Morgan fingerprint density at radius 1 is 1.48 bits per heavy atom. The number of fused-ring (bicyclic) bond motifs is 1. The molecule has 2 N–H and O–H groups in total. The first-order valence-electron chi connectivity index (χ1n) is 6.78. The number of urea groups is 1. The zero-order valence-corrected chi connectivity index (χ0v) is 11.5. The van der Waals surface area contributed by atoms with Gasteiger partial charge in [-0.05, 0) is 44.1 Å². The predicted molar refractivity (Wildman–Crippen MR) is 76.2 cm³/mol. The summed E-state index contributed by atoms with van der Waals surface area (Å²) >= 11 is 0. The van der Waals surface area contributed by atoms with E-state index in [1.807, 2.05) is 0 Å². The van der Waals surface area contributed by atoms with Gasteiger partial charge in [-0.15, -0.1) is 0 Å². The lowest BCUT2D eigenvalue weighted by atomic mass is 10.2. The second-order valence-electron chi connectivity index (χ2n) is 5.02. The van der Waals surface area contributed by atoms with E-state index in [4.69, 9.17) is 15.4 Å². The topological polar surface area (TPSA) is 99.4 Å². The minimum atomic E-state index is -0.822. The molecule has 0 unspecified atom stereocenters. The third-order valence-corrected chi connectivity index (χ3v) is 3.55. The van der Waals surface area contributed by atoms with Crippen molar-refractivity contribution in [1.29, 1.82) is 5.26 Å². The number of primary amides is 1. The molecule has 7 nitrogen and oxygen atoms in total. The molecular formula is C14H15N5O2. The molecule has 0 aliphatic carbocycles. The van der Waals surface area contributed by atoms with Crippen molar-refractivity contribution in [2.45, 2.75) is 19.4 Å². The second-order valence-corrected chi connectivity index (χ2v) is 5.02. The van der Waals surface area contributed by atoms with Crippen molar-refractivity contribution < 1.29 is 9.21 Å². The van der Waals surface area contributed by atoms with Gasteiger partial charge >= 0.3 is 6.03 Å². The predicted octanol–water partition coefficient (Wildman–Crippen LogP) is 1.79. The van der Waals surface area contributed by atoms with Gasteiger partial charge in [0.05, 0.1) is 12.2 Å². The van der Waals surface area contributed by atoms with E-state index in [1.54, 1.807) is 24.4 Å². The summed E-state index contributed by atoms with van der Waals surface area (Å²) in [5, 5.41) is 8.94. The first-order valence-corrected chi connectivity index (χ1v) is 6.78. The summed E-state index contributed by atoms with van der Waals surface area (Å²) in [6.07, 6.45) is 4.16. The van der Waals surface area contributed by atoms with Crippen LogP contribution in [0.4, 0.5) is 10.5 Å². The SMILES string of the molecule is N#CN(C(N)=O)c1ccc2oc(CN3CCCC3)nc2c1. The van der Waals surface area contributed by atoms with Crippen LogP contribution in [0.25, 0.3) is 11.1 Å². The van der Waals surface area contributed by atoms with Crippen molar-refractivity contribution in [3.63, 3.8) is 0 Å². The normalized spacial score (nSPS) is 15.2. The number of hydrogen-bond donors (Lipinski definition) is 1. The van der Waals surface area contributed by atoms with Crippen LogP contribution in [0.5, 0.6) is 0 Å². The minimum Gasteiger partial charge on any atom is -0.439 e. The van der Waals surface area contributed by atoms with Crippen molar-refractivity contribution in [2.24, 2.45) is 5.73 Å². The average molecular weight is 285 g/mol. The largest absolute Gasteiger partial charge is 0.439 e. The lowest BCUT2D eigenvalue weighted by Crippen LogP contribution is -2.31. The summed E-state index contributed by atoms with van der Waals surface area (Å²) in [6, 6.07) is 4.11. The molecule has 1 saturated heterocycles. The fraction of sp³-hybridized carbons (Fsp3) is 0.357. The monoisotopic (exact) mass is 285 g/mol. The number of carbonyl (C=O) groups excluding carboxylic acids is 1. The Kier molecular flexibility index (Phi) is 3.46. The molecule has 0 saturated carbocycles. The number of amides is 2. The fourth-order valence-electron chi connectivity index (χ4n) is 2.54. The Bertz CT molecular complexity index is 712. The van der Waals surface area contributed by atoms with Crippen LogP contribution < -0.4 is 10.6 Å². The highest BCUT2D eigenvalue weighted by Crippen LogP contribution is 2.23. The molecule has 1 fully saturated rings. The Labute approximate surface area is 121 Å². The van der Waals surface area contributed by atoms with Gasteiger partial charge in [0.15, 0.2) is 11.8 Å². The molecule has 2 aromatic rings. The van der Waals surface area contributed by atoms with Gasteiger partial charge in [0, 0.05) is 0 Å². The number of nitriles is 1. The van der Waals surface area contributed by atoms with Crippen molar-refractivity contribution in [3.05, 3.63) is 24.1 Å². The van der Waals surface area contributed by atoms with E-state index in [0.29, 0.717) is 29.2 Å². The van der Waals surface area contributed by atoms with Gasteiger partial charge < -0.3 is 10.2 Å². The smallest absolute Gasteiger partial charge is 0.332 e. The molecule has 0 atom stereocenters. The molecule has 0 radical (unpaired) electrons. The van der Waals surface area contributed by atoms with E-state index in [9.17, 15) is 4.79 Å². The number of benzene rings is 1. The van der Waals surface area contributed by atoms with Crippen molar-refractivity contribution in [1.82, 2.24) is 9.88 Å². The lowest BCUT2D eigenvalue weighted by molar-refractivity contribution is 0.256. The molecule has 2 amide bonds. The van der Waals surface area contributed by atoms with Crippen LogP contribution >= 0.6 is 0 Å². The number of nitrogens with zero attached hydrogens (tertiary/aromatic N) is 4. The summed E-state index contributed by atoms with van der Waals surface area (Å²) in [5.41, 5.74) is 6.79. The number of anilines is 1. The molecule has 21 heavy (non-hydrogen) atoms. The standard InChI is InChI=1S/C14H15N5O2/c15-9-19(14(16)20)10-3-4-12-11(7-10)17-13(21-12)8-18-5-1-2-6-18/h3-4,7H,1-2,5-6,8H2,(H2,16,20). The number of hydrogen-bond acceptors (Lipinski definition) is 5. The number of likely N-dealkylation sites (tertiary alicyclic amines) is 1. The summed E-state index contributed by atoms with van der Waals surface area (Å²) in [5.74, 6) is 0.645. The minimum absolute atomic E-state index is 0.388. The lowest BCUT2D eigenvalue weighted by Gasteiger charge is -2.10. The van der Waals surface area contributed by atoms with E-state index in [-0.39, 0.29) is 0 Å². The van der Waals surface area contributed by atoms with Crippen LogP contribution in [-0.4, -0.2) is 29.0 Å². The van der Waals surface area contributed by atoms with Gasteiger partial charge in [-0.3, -0.25) is 4.90 Å². The number of oxazole rings is 1. The highest BCUT2D eigenvalue weighted by atomic mass is 16.3. The van der Waals surface area contributed by atoms with Gasteiger partial charge in [-0.1, -0.05) is 0 Å². The fourth-order valence-corrected chi connectivity index (χ4v) is 2.54. The molecule has 0 bridgehead atoms. The summed E-state index contributed by atoms with van der Waals surface area (Å²) in [4.78, 5) is 18.7. The Balaban J connectivity index is 1.87. The van der Waals surface area contributed by atoms with Crippen molar-refractivity contribution in [3.8, 4) is 6.19 Å². The third kappa shape index (κ3) is 2.66. The summed E-state index contributed by atoms with van der Waals surface area (Å²) < 4.78 is 5.69. The maximum Gasteiger partial charge on any atom is 0.332 e. The third-order valence-electron chi connectivity index (χ3n) is 3.55. The van der Waals surface area contributed by atoms with Gasteiger partial charge in [-0.25, -0.2) is 9.78 Å². The molecule has 108 valence electrons. The zero-order chi connectivity index (χ0) is 14.8. The molecular weight excluding hydrogens is 270 g/mol. The van der Waals surface area contributed by atoms with Gasteiger partial charge in [0.25, 0.3) is 0 Å². The maximum atomic E-state index is 11.2. The first-order chi connectivity index (χ1) is 10.2. The van der Waals surface area contributed by atoms with Crippen LogP contribution in [0.3, 0.4) is 0 Å². The Morgan fingerprint density at radius 2 is 2.24 bits per heavy atom. The Hall–Kier alpha value is -2.59. The van der Waals surface area contributed by atoms with Gasteiger partial charge in [-0.2, -0.15) is 10.2 Å². The number of aromatic nitrogens is 1. The molecule has 1 aliphatic rings. The highest BCUT2D eigenvalue weighted by Gasteiger charge is 2.17. The van der Waals surface area contributed by atoms with Crippen LogP contribution in [0.15, 0.2) is 22.6 Å². The molecule has 1 aliphatic heterocycles. The maximum absolute atomic E-state index is 11.2. The van der Waals surface area contributed by atoms with Gasteiger partial charge in [0.2, 0.25) is 5.89 Å². The van der Waals surface area contributed by atoms with E-state index in [1.165, 1.54) is 12.8 Å². The number of nitrogens with two attached hydrogens (primary N) is 1. The average Bonchev–Trinajstić information content (AvgIpc) is 3.08. The van der Waals surface area contributed by atoms with Crippen LogP contribution in [-0.2, 0) is 6.54 Å². The number of carbonyl (C=O) groups is 1. The second kappa shape index (κ2) is 5.42. The Morgan fingerprint density at radius 3 is 2.90 bits per heavy atom. The molecule has 3 rings (SSSR count). The van der Waals surface area contributed by atoms with E-state index in [2.05, 4.69) is 9.88 Å². The molecule has 1 aromatic heterocycles. The van der Waals surface area contributed by atoms with Crippen LogP contribution in [0, 0.1) is 11.5 Å². The summed E-state index contributed by atoms with van der Waals surface area (Å²) in [6.45, 7) is 2.81. The van der Waals surface area contributed by atoms with Crippen LogP contribution in [0.1, 0.15) is 18.7 Å².